The van der Waals surface area contributed by atoms with E-state index < -0.39 is 0 Å². The molecule has 0 N–H and O–H groups in total. The van der Waals surface area contributed by atoms with Crippen molar-refractivity contribution in [3.63, 3.8) is 0 Å². The first-order valence-electron chi connectivity index (χ1n) is 6.42. The number of halogens is 1. The molecule has 0 aliphatic rings. The van der Waals surface area contributed by atoms with Gasteiger partial charge < -0.3 is 9.47 Å². The lowest BCUT2D eigenvalue weighted by Gasteiger charge is -2.24. The van der Waals surface area contributed by atoms with E-state index in [9.17, 15) is 4.79 Å². The highest BCUT2D eigenvalue weighted by Crippen LogP contribution is 2.29. The van der Waals surface area contributed by atoms with E-state index in [2.05, 4.69) is 0 Å². The molecule has 0 saturated heterocycles. The molecule has 0 aromatic heterocycles. The maximum absolute atomic E-state index is 11.7. The molecule has 0 aliphatic heterocycles. The number of hydrogen-bond donors (Lipinski definition) is 0. The van der Waals surface area contributed by atoms with Crippen molar-refractivity contribution in [2.24, 2.45) is 5.92 Å². The smallest absolute Gasteiger partial charge is 0.306 e. The van der Waals surface area contributed by atoms with Gasteiger partial charge in [0.05, 0.1) is 0 Å². The van der Waals surface area contributed by atoms with Gasteiger partial charge in [-0.2, -0.15) is 0 Å². The Kier molecular flexibility index (Phi) is 6.32. The highest BCUT2D eigenvalue weighted by molar-refractivity contribution is 6.31. The normalized spacial score (nSPS) is 14.2. The number of benzene rings is 1. The van der Waals surface area contributed by atoms with Crippen LogP contribution in [-0.2, 0) is 14.3 Å². The van der Waals surface area contributed by atoms with E-state index in [0.717, 1.165) is 5.56 Å². The molecule has 19 heavy (non-hydrogen) atoms. The zero-order valence-electron chi connectivity index (χ0n) is 11.9. The topological polar surface area (TPSA) is 35.5 Å². The molecule has 106 valence electrons. The first-order chi connectivity index (χ1) is 8.95. The second-order valence-corrected chi connectivity index (χ2v) is 5.38. The Hall–Kier alpha value is -1.06. The zero-order chi connectivity index (χ0) is 14.4. The molecule has 0 bridgehead atoms. The molecule has 2 atom stereocenters. The Bertz CT molecular complexity index is 418. The Balaban J connectivity index is 2.75. The maximum atomic E-state index is 11.7. The summed E-state index contributed by atoms with van der Waals surface area (Å²) in [5.74, 6) is 0.0672. The van der Waals surface area contributed by atoms with E-state index >= 15 is 0 Å². The van der Waals surface area contributed by atoms with Crippen LogP contribution in [0, 0.1) is 5.92 Å². The Morgan fingerprint density at radius 2 is 1.89 bits per heavy atom. The number of rotatable bonds is 6. The molecule has 0 unspecified atom stereocenters. The van der Waals surface area contributed by atoms with Crippen molar-refractivity contribution in [2.45, 2.75) is 39.4 Å². The monoisotopic (exact) mass is 284 g/mol. The van der Waals surface area contributed by atoms with E-state index in [-0.39, 0.29) is 24.1 Å². The van der Waals surface area contributed by atoms with Crippen LogP contribution in [0.1, 0.15) is 38.9 Å². The van der Waals surface area contributed by atoms with Crippen LogP contribution in [0.5, 0.6) is 0 Å². The Labute approximate surface area is 119 Å². The fourth-order valence-electron chi connectivity index (χ4n) is 1.93. The number of carbonyl (C=O) groups excluding carboxylic acids is 1. The van der Waals surface area contributed by atoms with Gasteiger partial charge in [0.15, 0.2) is 0 Å². The summed E-state index contributed by atoms with van der Waals surface area (Å²) in [6, 6.07) is 7.42. The van der Waals surface area contributed by atoms with Gasteiger partial charge in [0, 0.05) is 24.1 Å². The van der Waals surface area contributed by atoms with E-state index in [4.69, 9.17) is 21.1 Å². The molecule has 1 aromatic rings. The van der Waals surface area contributed by atoms with Gasteiger partial charge in [-0.3, -0.25) is 4.79 Å². The average molecular weight is 285 g/mol. The fourth-order valence-corrected chi connectivity index (χ4v) is 2.17. The molecule has 0 radical (unpaired) electrons. The molecular formula is C15H21ClO3. The van der Waals surface area contributed by atoms with E-state index in [1.54, 1.807) is 13.2 Å². The summed E-state index contributed by atoms with van der Waals surface area (Å²) in [5, 5.41) is 0.612. The number of carbonyl (C=O) groups is 1. The summed E-state index contributed by atoms with van der Waals surface area (Å²) in [7, 11) is 1.58. The van der Waals surface area contributed by atoms with Gasteiger partial charge in [-0.25, -0.2) is 0 Å². The summed E-state index contributed by atoms with van der Waals surface area (Å²) < 4.78 is 10.8. The Morgan fingerprint density at radius 3 is 2.42 bits per heavy atom. The number of hydrogen-bond acceptors (Lipinski definition) is 3. The van der Waals surface area contributed by atoms with Gasteiger partial charge in [-0.1, -0.05) is 43.6 Å². The van der Waals surface area contributed by atoms with Crippen LogP contribution in [0.2, 0.25) is 5.02 Å². The Morgan fingerprint density at radius 1 is 1.26 bits per heavy atom. The quantitative estimate of drug-likeness (QED) is 0.741. The van der Waals surface area contributed by atoms with Gasteiger partial charge in [-0.05, 0) is 18.9 Å². The van der Waals surface area contributed by atoms with Gasteiger partial charge >= 0.3 is 5.97 Å². The molecule has 0 aliphatic carbocycles. The molecule has 1 aromatic carbocycles. The first-order valence-corrected chi connectivity index (χ1v) is 6.80. The summed E-state index contributed by atoms with van der Waals surface area (Å²) in [6.07, 6.45) is -0.329. The van der Waals surface area contributed by atoms with Crippen LogP contribution < -0.4 is 0 Å². The third-order valence-electron chi connectivity index (χ3n) is 2.78. The van der Waals surface area contributed by atoms with E-state index in [0.29, 0.717) is 11.4 Å². The van der Waals surface area contributed by atoms with Crippen LogP contribution in [-0.4, -0.2) is 19.2 Å². The molecule has 1 rings (SSSR count). The van der Waals surface area contributed by atoms with Crippen LogP contribution in [0.15, 0.2) is 24.3 Å². The highest BCUT2D eigenvalue weighted by Gasteiger charge is 2.24. The molecular weight excluding hydrogens is 264 g/mol. The summed E-state index contributed by atoms with van der Waals surface area (Å²) in [4.78, 5) is 11.7. The lowest BCUT2D eigenvalue weighted by molar-refractivity contribution is -0.156. The van der Waals surface area contributed by atoms with Gasteiger partial charge in [0.2, 0.25) is 0 Å². The van der Waals surface area contributed by atoms with Crippen molar-refractivity contribution < 1.29 is 14.3 Å². The predicted molar refractivity (Wildman–Crippen MR) is 76.2 cm³/mol. The van der Waals surface area contributed by atoms with Crippen molar-refractivity contribution in [2.75, 3.05) is 7.11 Å². The third-order valence-corrected chi connectivity index (χ3v) is 3.13. The van der Waals surface area contributed by atoms with Crippen LogP contribution in [0.25, 0.3) is 0 Å². The van der Waals surface area contributed by atoms with Crippen molar-refractivity contribution in [1.29, 1.82) is 0 Å². The molecule has 0 saturated carbocycles. The van der Waals surface area contributed by atoms with Crippen LogP contribution in [0.4, 0.5) is 0 Å². The summed E-state index contributed by atoms with van der Waals surface area (Å²) in [5.41, 5.74) is 0.830. The molecule has 4 heteroatoms. The lowest BCUT2D eigenvalue weighted by atomic mass is 10.0. The summed E-state index contributed by atoms with van der Waals surface area (Å²) in [6.45, 7) is 5.78. The largest absolute Gasteiger partial charge is 0.460 e. The molecule has 0 amide bonds. The third kappa shape index (κ3) is 4.84. The number of ether oxygens (including phenoxy) is 2. The minimum atomic E-state index is -0.379. The standard InChI is InChI=1S/C15H21ClO3/c1-10(2)9-14(17)19-11(3)15(18-4)12-7-5-6-8-13(12)16/h5-8,10-11,15H,9H2,1-4H3/t11-,15+/m0/s1. The number of esters is 1. The molecule has 3 nitrogen and oxygen atoms in total. The first kappa shape index (κ1) is 16.0. The van der Waals surface area contributed by atoms with Gasteiger partial charge in [0.1, 0.15) is 12.2 Å². The second kappa shape index (κ2) is 7.51. The molecule has 0 fully saturated rings. The van der Waals surface area contributed by atoms with Crippen molar-refractivity contribution in [3.05, 3.63) is 34.9 Å². The van der Waals surface area contributed by atoms with E-state index in [1.165, 1.54) is 0 Å². The fraction of sp³-hybridized carbons (Fsp3) is 0.533. The number of methoxy groups -OCH3 is 1. The predicted octanol–water partition coefficient (Wildman–Crippen LogP) is 4.01. The highest BCUT2D eigenvalue weighted by atomic mass is 35.5. The second-order valence-electron chi connectivity index (χ2n) is 4.97. The van der Waals surface area contributed by atoms with E-state index in [1.807, 2.05) is 39.0 Å². The van der Waals surface area contributed by atoms with Crippen molar-refractivity contribution in [3.8, 4) is 0 Å². The van der Waals surface area contributed by atoms with Crippen molar-refractivity contribution in [1.82, 2.24) is 0 Å². The van der Waals surface area contributed by atoms with Gasteiger partial charge in [-0.15, -0.1) is 0 Å². The van der Waals surface area contributed by atoms with Crippen LogP contribution in [0.3, 0.4) is 0 Å². The molecule has 0 heterocycles. The van der Waals surface area contributed by atoms with Crippen LogP contribution >= 0.6 is 11.6 Å². The lowest BCUT2D eigenvalue weighted by Crippen LogP contribution is -2.24. The minimum Gasteiger partial charge on any atom is -0.460 e. The SMILES string of the molecule is CO[C@@H](c1ccccc1Cl)[C@H](C)OC(=O)CC(C)C. The average Bonchev–Trinajstić information content (AvgIpc) is 2.31. The maximum Gasteiger partial charge on any atom is 0.306 e. The summed E-state index contributed by atoms with van der Waals surface area (Å²) >= 11 is 6.14. The van der Waals surface area contributed by atoms with Gasteiger partial charge in [0.25, 0.3) is 0 Å². The molecule has 0 spiro atoms. The van der Waals surface area contributed by atoms with Crippen molar-refractivity contribution >= 4 is 17.6 Å². The minimum absolute atomic E-state index is 0.211. The zero-order valence-corrected chi connectivity index (χ0v) is 12.6.